The molecule has 2 unspecified atom stereocenters. The van der Waals surface area contributed by atoms with Crippen molar-refractivity contribution in [1.29, 1.82) is 0 Å². The second-order valence-corrected chi connectivity index (χ2v) is 5.67. The van der Waals surface area contributed by atoms with Crippen LogP contribution < -0.4 is 4.74 Å². The van der Waals surface area contributed by atoms with E-state index in [-0.39, 0.29) is 11.3 Å². The van der Waals surface area contributed by atoms with Gasteiger partial charge in [-0.15, -0.1) is 11.6 Å². The second kappa shape index (κ2) is 6.29. The van der Waals surface area contributed by atoms with Crippen LogP contribution in [0.1, 0.15) is 18.9 Å². The van der Waals surface area contributed by atoms with Crippen molar-refractivity contribution in [3.63, 3.8) is 0 Å². The normalized spacial score (nSPS) is 23.2. The molecule has 2 atom stereocenters. The molecule has 3 nitrogen and oxygen atoms in total. The van der Waals surface area contributed by atoms with Crippen LogP contribution in [0.25, 0.3) is 0 Å². The van der Waals surface area contributed by atoms with Crippen molar-refractivity contribution in [3.8, 4) is 5.75 Å². The molecular weight excluding hydrogens is 262 g/mol. The second-order valence-electron chi connectivity index (χ2n) is 5.11. The van der Waals surface area contributed by atoms with E-state index in [2.05, 4.69) is 6.92 Å². The first-order valence-corrected chi connectivity index (χ1v) is 7.09. The topological polar surface area (TPSA) is 29.5 Å². The Morgan fingerprint density at radius 2 is 2.21 bits per heavy atom. The number of rotatable bonds is 3. The van der Waals surface area contributed by atoms with Crippen LogP contribution in [-0.2, 0) is 11.2 Å². The molecule has 1 fully saturated rings. The lowest BCUT2D eigenvalue weighted by Gasteiger charge is -2.34. The van der Waals surface area contributed by atoms with Crippen molar-refractivity contribution in [2.75, 3.05) is 20.2 Å². The van der Waals surface area contributed by atoms with E-state index >= 15 is 0 Å². The smallest absolute Gasteiger partial charge is 0.227 e. The Kier molecular flexibility index (Phi) is 4.70. The molecule has 0 N–H and O–H groups in total. The number of carbonyl (C=O) groups excluding carboxylic acids is 1. The fourth-order valence-electron chi connectivity index (χ4n) is 2.47. The molecular formula is C15H20ClNO2. The molecule has 0 aliphatic carbocycles. The van der Waals surface area contributed by atoms with E-state index < -0.39 is 0 Å². The molecule has 0 spiro atoms. The summed E-state index contributed by atoms with van der Waals surface area (Å²) in [5.74, 6) is 1.29. The number of para-hydroxylation sites is 1. The predicted molar refractivity (Wildman–Crippen MR) is 76.7 cm³/mol. The molecule has 104 valence electrons. The Hall–Kier alpha value is -1.22. The Labute approximate surface area is 119 Å². The van der Waals surface area contributed by atoms with Crippen LogP contribution >= 0.6 is 11.6 Å². The number of ether oxygens (including phenoxy) is 1. The number of carbonyl (C=O) groups is 1. The lowest BCUT2D eigenvalue weighted by atomic mass is 9.99. The van der Waals surface area contributed by atoms with Crippen LogP contribution in [0.3, 0.4) is 0 Å². The maximum Gasteiger partial charge on any atom is 0.227 e. The summed E-state index contributed by atoms with van der Waals surface area (Å²) in [5, 5.41) is 0.190. The van der Waals surface area contributed by atoms with E-state index in [0.717, 1.165) is 30.8 Å². The number of amides is 1. The monoisotopic (exact) mass is 281 g/mol. The minimum absolute atomic E-state index is 0.153. The largest absolute Gasteiger partial charge is 0.496 e. The van der Waals surface area contributed by atoms with Gasteiger partial charge in [0, 0.05) is 24.0 Å². The lowest BCUT2D eigenvalue weighted by Crippen LogP contribution is -2.44. The highest BCUT2D eigenvalue weighted by Gasteiger charge is 2.27. The molecule has 19 heavy (non-hydrogen) atoms. The lowest BCUT2D eigenvalue weighted by molar-refractivity contribution is -0.132. The summed E-state index contributed by atoms with van der Waals surface area (Å²) < 4.78 is 5.28. The summed E-state index contributed by atoms with van der Waals surface area (Å²) in [6.45, 7) is 3.61. The van der Waals surface area contributed by atoms with Gasteiger partial charge in [-0.25, -0.2) is 0 Å². The van der Waals surface area contributed by atoms with Gasteiger partial charge in [-0.3, -0.25) is 4.79 Å². The van der Waals surface area contributed by atoms with Gasteiger partial charge >= 0.3 is 0 Å². The van der Waals surface area contributed by atoms with Gasteiger partial charge < -0.3 is 9.64 Å². The van der Waals surface area contributed by atoms with Crippen LogP contribution in [0, 0.1) is 5.92 Å². The van der Waals surface area contributed by atoms with E-state index in [9.17, 15) is 4.79 Å². The molecule has 1 aliphatic rings. The molecule has 1 aromatic rings. The number of nitrogens with zero attached hydrogens (tertiary/aromatic N) is 1. The molecule has 1 heterocycles. The SMILES string of the molecule is COc1ccccc1CC(=O)N1CCC(Cl)C(C)C1. The summed E-state index contributed by atoms with van der Waals surface area (Å²) in [6, 6.07) is 7.66. The Bertz CT molecular complexity index is 450. The summed E-state index contributed by atoms with van der Waals surface area (Å²) in [7, 11) is 1.63. The van der Waals surface area contributed by atoms with E-state index in [1.807, 2.05) is 29.2 Å². The van der Waals surface area contributed by atoms with Crippen LogP contribution in [0.4, 0.5) is 0 Å². The van der Waals surface area contributed by atoms with E-state index in [1.165, 1.54) is 0 Å². The average Bonchev–Trinajstić information content (AvgIpc) is 2.42. The Balaban J connectivity index is 2.01. The highest BCUT2D eigenvalue weighted by Crippen LogP contribution is 2.23. The summed E-state index contributed by atoms with van der Waals surface area (Å²) in [4.78, 5) is 14.2. The molecule has 2 rings (SSSR count). The van der Waals surface area contributed by atoms with E-state index in [0.29, 0.717) is 12.3 Å². The van der Waals surface area contributed by atoms with Crippen molar-refractivity contribution in [2.45, 2.75) is 25.1 Å². The van der Waals surface area contributed by atoms with Gasteiger partial charge in [0.15, 0.2) is 0 Å². The van der Waals surface area contributed by atoms with Gasteiger partial charge in [0.05, 0.1) is 13.5 Å². The zero-order valence-corrected chi connectivity index (χ0v) is 12.2. The van der Waals surface area contributed by atoms with Gasteiger partial charge in [-0.1, -0.05) is 25.1 Å². The molecule has 1 aromatic carbocycles. The third-order valence-electron chi connectivity index (χ3n) is 3.69. The number of methoxy groups -OCH3 is 1. The summed E-state index contributed by atoms with van der Waals surface area (Å²) >= 11 is 6.19. The third kappa shape index (κ3) is 3.41. The van der Waals surface area contributed by atoms with Crippen molar-refractivity contribution >= 4 is 17.5 Å². The van der Waals surface area contributed by atoms with Gasteiger partial charge in [0.25, 0.3) is 0 Å². The molecule has 1 saturated heterocycles. The average molecular weight is 282 g/mol. The number of benzene rings is 1. The summed E-state index contributed by atoms with van der Waals surface area (Å²) in [5.41, 5.74) is 0.940. The van der Waals surface area contributed by atoms with E-state index in [4.69, 9.17) is 16.3 Å². The zero-order chi connectivity index (χ0) is 13.8. The predicted octanol–water partition coefficient (Wildman–Crippen LogP) is 2.71. The molecule has 1 amide bonds. The van der Waals surface area contributed by atoms with Crippen molar-refractivity contribution in [3.05, 3.63) is 29.8 Å². The Morgan fingerprint density at radius 1 is 1.47 bits per heavy atom. The fourth-order valence-corrected chi connectivity index (χ4v) is 2.64. The zero-order valence-electron chi connectivity index (χ0n) is 11.4. The van der Waals surface area contributed by atoms with Crippen LogP contribution in [-0.4, -0.2) is 36.4 Å². The minimum atomic E-state index is 0.153. The molecule has 4 heteroatoms. The van der Waals surface area contributed by atoms with Crippen molar-refractivity contribution in [2.24, 2.45) is 5.92 Å². The summed E-state index contributed by atoms with van der Waals surface area (Å²) in [6.07, 6.45) is 1.27. The number of likely N-dealkylation sites (tertiary alicyclic amines) is 1. The maximum absolute atomic E-state index is 12.3. The first-order valence-electron chi connectivity index (χ1n) is 6.65. The molecule has 0 radical (unpaired) electrons. The number of hydrogen-bond donors (Lipinski definition) is 0. The minimum Gasteiger partial charge on any atom is -0.496 e. The maximum atomic E-state index is 12.3. The molecule has 0 bridgehead atoms. The van der Waals surface area contributed by atoms with Gasteiger partial charge in [0.2, 0.25) is 5.91 Å². The van der Waals surface area contributed by atoms with Gasteiger partial charge in [-0.05, 0) is 18.4 Å². The third-order valence-corrected chi connectivity index (χ3v) is 4.34. The van der Waals surface area contributed by atoms with Crippen LogP contribution in [0.2, 0.25) is 0 Å². The highest BCUT2D eigenvalue weighted by atomic mass is 35.5. The van der Waals surface area contributed by atoms with Gasteiger partial charge in [-0.2, -0.15) is 0 Å². The fraction of sp³-hybridized carbons (Fsp3) is 0.533. The molecule has 0 aromatic heterocycles. The highest BCUT2D eigenvalue weighted by molar-refractivity contribution is 6.20. The first kappa shape index (κ1) is 14.2. The van der Waals surface area contributed by atoms with E-state index in [1.54, 1.807) is 7.11 Å². The number of piperidine rings is 1. The van der Waals surface area contributed by atoms with Crippen molar-refractivity contribution in [1.82, 2.24) is 4.90 Å². The quantitative estimate of drug-likeness (QED) is 0.798. The standard InChI is InChI=1S/C15H20ClNO2/c1-11-10-17(8-7-13(11)16)15(18)9-12-5-3-4-6-14(12)19-2/h3-6,11,13H,7-10H2,1-2H3. The molecule has 1 aliphatic heterocycles. The van der Waals surface area contributed by atoms with Gasteiger partial charge in [0.1, 0.15) is 5.75 Å². The van der Waals surface area contributed by atoms with Crippen LogP contribution in [0.5, 0.6) is 5.75 Å². The van der Waals surface area contributed by atoms with Crippen LogP contribution in [0.15, 0.2) is 24.3 Å². The first-order chi connectivity index (χ1) is 9.11. The number of alkyl halides is 1. The Morgan fingerprint density at radius 3 is 2.89 bits per heavy atom. The number of hydrogen-bond acceptors (Lipinski definition) is 2. The number of halogens is 1. The molecule has 0 saturated carbocycles. The van der Waals surface area contributed by atoms with Crippen molar-refractivity contribution < 1.29 is 9.53 Å².